The molecule has 1 aliphatic rings. The van der Waals surface area contributed by atoms with Crippen molar-refractivity contribution in [2.75, 3.05) is 25.1 Å². The lowest BCUT2D eigenvalue weighted by Crippen LogP contribution is -2.18. The monoisotopic (exact) mass is 256 g/mol. The van der Waals surface area contributed by atoms with E-state index >= 15 is 0 Å². The molecule has 6 heteroatoms. The molecule has 92 valence electrons. The number of carbonyl (C=O) groups is 1. The van der Waals surface area contributed by atoms with Crippen molar-refractivity contribution < 1.29 is 14.3 Å². The summed E-state index contributed by atoms with van der Waals surface area (Å²) in [5.41, 5.74) is 5.80. The Morgan fingerprint density at radius 3 is 2.65 bits per heavy atom. The van der Waals surface area contributed by atoms with Crippen LogP contribution < -0.4 is 20.5 Å². The Morgan fingerprint density at radius 1 is 1.35 bits per heavy atom. The van der Waals surface area contributed by atoms with Crippen molar-refractivity contribution >= 4 is 23.2 Å². The smallest absolute Gasteiger partial charge is 0.225 e. The van der Waals surface area contributed by atoms with Gasteiger partial charge in [0.25, 0.3) is 0 Å². The number of hydrogen-bond acceptors (Lipinski definition) is 4. The van der Waals surface area contributed by atoms with Crippen LogP contribution in [0, 0.1) is 0 Å². The maximum atomic E-state index is 11.4. The second-order valence-corrected chi connectivity index (χ2v) is 3.97. The minimum absolute atomic E-state index is 0.175. The van der Waals surface area contributed by atoms with Gasteiger partial charge in [-0.3, -0.25) is 4.79 Å². The molecule has 0 saturated heterocycles. The van der Waals surface area contributed by atoms with Crippen molar-refractivity contribution in [1.82, 2.24) is 0 Å². The Bertz CT molecular complexity index is 437. The van der Waals surface area contributed by atoms with E-state index in [1.165, 1.54) is 0 Å². The largest absolute Gasteiger partial charge is 0.486 e. The highest BCUT2D eigenvalue weighted by molar-refractivity contribution is 6.34. The number of fused-ring (bicyclic) bond motifs is 1. The lowest BCUT2D eigenvalue weighted by Gasteiger charge is -2.19. The summed E-state index contributed by atoms with van der Waals surface area (Å²) >= 11 is 6.02. The van der Waals surface area contributed by atoms with E-state index in [4.69, 9.17) is 26.8 Å². The topological polar surface area (TPSA) is 73.6 Å². The Balaban J connectivity index is 2.19. The Hall–Kier alpha value is -1.46. The van der Waals surface area contributed by atoms with Gasteiger partial charge < -0.3 is 20.5 Å². The number of rotatable bonds is 3. The molecule has 0 fully saturated rings. The van der Waals surface area contributed by atoms with E-state index in [2.05, 4.69) is 5.32 Å². The van der Waals surface area contributed by atoms with E-state index in [-0.39, 0.29) is 12.3 Å². The van der Waals surface area contributed by atoms with Crippen LogP contribution in [0.5, 0.6) is 11.5 Å². The van der Waals surface area contributed by atoms with Crippen LogP contribution in [-0.4, -0.2) is 25.7 Å². The molecule has 0 aliphatic carbocycles. The van der Waals surface area contributed by atoms with Gasteiger partial charge in [0.15, 0.2) is 11.5 Å². The second-order valence-electron chi connectivity index (χ2n) is 3.56. The van der Waals surface area contributed by atoms with Gasteiger partial charge in [-0.05, 0) is 0 Å². The van der Waals surface area contributed by atoms with Crippen molar-refractivity contribution in [2.24, 2.45) is 5.73 Å². The summed E-state index contributed by atoms with van der Waals surface area (Å²) in [5.74, 6) is 1.01. The van der Waals surface area contributed by atoms with Crippen molar-refractivity contribution in [3.63, 3.8) is 0 Å². The van der Waals surface area contributed by atoms with E-state index in [1.807, 2.05) is 0 Å². The average molecular weight is 257 g/mol. The summed E-state index contributed by atoms with van der Waals surface area (Å²) in [6, 6.07) is 3.29. The minimum atomic E-state index is -0.175. The fourth-order valence-corrected chi connectivity index (χ4v) is 1.70. The van der Waals surface area contributed by atoms with Gasteiger partial charge in [-0.25, -0.2) is 0 Å². The number of carbonyl (C=O) groups excluding carboxylic acids is 1. The van der Waals surface area contributed by atoms with Gasteiger partial charge >= 0.3 is 0 Å². The number of amides is 1. The molecular weight excluding hydrogens is 244 g/mol. The molecule has 0 bridgehead atoms. The zero-order chi connectivity index (χ0) is 12.3. The molecule has 0 aromatic heterocycles. The van der Waals surface area contributed by atoms with Crippen LogP contribution in [0.3, 0.4) is 0 Å². The maximum absolute atomic E-state index is 11.4. The zero-order valence-corrected chi connectivity index (χ0v) is 9.92. The fourth-order valence-electron chi connectivity index (χ4n) is 1.50. The van der Waals surface area contributed by atoms with E-state index in [1.54, 1.807) is 12.1 Å². The SMILES string of the molecule is NCCC(=O)Nc1cc2c(cc1Cl)OCCO2. The number of hydrogen-bond donors (Lipinski definition) is 2. The Labute approximate surface area is 104 Å². The molecule has 0 atom stereocenters. The van der Waals surface area contributed by atoms with Gasteiger partial charge in [-0.1, -0.05) is 11.6 Å². The molecule has 1 aromatic carbocycles. The molecule has 0 saturated carbocycles. The average Bonchev–Trinajstić information content (AvgIpc) is 2.30. The molecule has 1 aliphatic heterocycles. The van der Waals surface area contributed by atoms with Gasteiger partial charge in [0.05, 0.1) is 10.7 Å². The summed E-state index contributed by atoms with van der Waals surface area (Å²) in [5, 5.41) is 3.09. The van der Waals surface area contributed by atoms with Gasteiger partial charge in [-0.15, -0.1) is 0 Å². The van der Waals surface area contributed by atoms with Crippen molar-refractivity contribution in [1.29, 1.82) is 0 Å². The number of halogens is 1. The summed E-state index contributed by atoms with van der Waals surface area (Å²) in [7, 11) is 0. The molecule has 3 N–H and O–H groups in total. The lowest BCUT2D eigenvalue weighted by molar-refractivity contribution is -0.116. The van der Waals surface area contributed by atoms with E-state index in [9.17, 15) is 4.79 Å². The molecule has 0 spiro atoms. The Kier molecular flexibility index (Phi) is 3.71. The van der Waals surface area contributed by atoms with Crippen molar-refractivity contribution in [3.8, 4) is 11.5 Å². The maximum Gasteiger partial charge on any atom is 0.225 e. The van der Waals surface area contributed by atoms with Gasteiger partial charge in [-0.2, -0.15) is 0 Å². The third-order valence-corrected chi connectivity index (χ3v) is 2.59. The zero-order valence-electron chi connectivity index (χ0n) is 9.16. The van der Waals surface area contributed by atoms with E-state index < -0.39 is 0 Å². The van der Waals surface area contributed by atoms with Crippen LogP contribution in [0.25, 0.3) is 0 Å². The highest BCUT2D eigenvalue weighted by Crippen LogP contribution is 2.37. The summed E-state index contributed by atoms with van der Waals surface area (Å²) in [6.07, 6.45) is 0.255. The third kappa shape index (κ3) is 2.81. The van der Waals surface area contributed by atoms with Gasteiger partial charge in [0.2, 0.25) is 5.91 Å². The summed E-state index contributed by atoms with van der Waals surface area (Å²) < 4.78 is 10.8. The predicted molar refractivity (Wildman–Crippen MR) is 64.7 cm³/mol. The normalized spacial score (nSPS) is 13.3. The minimum Gasteiger partial charge on any atom is -0.486 e. The molecule has 1 heterocycles. The van der Waals surface area contributed by atoms with Gasteiger partial charge in [0.1, 0.15) is 13.2 Å². The molecule has 0 radical (unpaired) electrons. The van der Waals surface area contributed by atoms with E-state index in [0.29, 0.717) is 42.0 Å². The first-order valence-electron chi connectivity index (χ1n) is 5.30. The fraction of sp³-hybridized carbons (Fsp3) is 0.364. The lowest BCUT2D eigenvalue weighted by atomic mass is 10.2. The van der Waals surface area contributed by atoms with Crippen LogP contribution in [-0.2, 0) is 4.79 Å². The Morgan fingerprint density at radius 2 is 2.00 bits per heavy atom. The molecule has 1 amide bonds. The number of benzene rings is 1. The molecule has 2 rings (SSSR count). The molecule has 5 nitrogen and oxygen atoms in total. The summed E-state index contributed by atoms with van der Waals surface area (Å²) in [6.45, 7) is 1.29. The highest BCUT2D eigenvalue weighted by Gasteiger charge is 2.16. The number of nitrogens with one attached hydrogen (secondary N) is 1. The number of nitrogens with two attached hydrogens (primary N) is 1. The van der Waals surface area contributed by atoms with Crippen LogP contribution in [0.1, 0.15) is 6.42 Å². The predicted octanol–water partition coefficient (Wildman–Crippen LogP) is 1.40. The van der Waals surface area contributed by atoms with Crippen molar-refractivity contribution in [3.05, 3.63) is 17.2 Å². The number of ether oxygens (including phenoxy) is 2. The second kappa shape index (κ2) is 5.25. The first-order valence-corrected chi connectivity index (χ1v) is 5.67. The molecule has 0 unspecified atom stereocenters. The van der Waals surface area contributed by atoms with Crippen molar-refractivity contribution in [2.45, 2.75) is 6.42 Å². The molecule has 17 heavy (non-hydrogen) atoms. The molecule has 1 aromatic rings. The first-order chi connectivity index (χ1) is 8.20. The van der Waals surface area contributed by atoms with Crippen LogP contribution >= 0.6 is 11.6 Å². The van der Waals surface area contributed by atoms with Crippen LogP contribution in [0.4, 0.5) is 5.69 Å². The summed E-state index contributed by atoms with van der Waals surface area (Å²) in [4.78, 5) is 11.4. The van der Waals surface area contributed by atoms with Crippen LogP contribution in [0.2, 0.25) is 5.02 Å². The van der Waals surface area contributed by atoms with Crippen LogP contribution in [0.15, 0.2) is 12.1 Å². The quantitative estimate of drug-likeness (QED) is 0.857. The van der Waals surface area contributed by atoms with Gasteiger partial charge in [0, 0.05) is 25.1 Å². The number of anilines is 1. The standard InChI is InChI=1S/C11H13ClN2O3/c12-7-5-9-10(17-4-3-16-9)6-8(7)14-11(15)1-2-13/h5-6H,1-4,13H2,(H,14,15). The van der Waals surface area contributed by atoms with E-state index in [0.717, 1.165) is 0 Å². The highest BCUT2D eigenvalue weighted by atomic mass is 35.5. The first kappa shape index (κ1) is 12.0. The molecular formula is C11H13ClN2O3. The third-order valence-electron chi connectivity index (χ3n) is 2.28.